The molecule has 0 unspecified atom stereocenters. The molecule has 0 spiro atoms. The van der Waals surface area contributed by atoms with Crippen LogP contribution in [0.1, 0.15) is 30.3 Å². The van der Waals surface area contributed by atoms with Gasteiger partial charge in [-0.05, 0) is 56.2 Å². The molecule has 0 atom stereocenters. The van der Waals surface area contributed by atoms with Crippen molar-refractivity contribution >= 4 is 23.6 Å². The van der Waals surface area contributed by atoms with Gasteiger partial charge in [-0.3, -0.25) is 14.2 Å². The Morgan fingerprint density at radius 1 is 1.33 bits per heavy atom. The summed E-state index contributed by atoms with van der Waals surface area (Å²) in [5, 5.41) is 0.618. The van der Waals surface area contributed by atoms with Crippen LogP contribution < -0.4 is 0 Å². The monoisotopic (exact) mass is 391 g/mol. The smallest absolute Gasteiger partial charge is 0.325 e. The minimum Gasteiger partial charge on any atom is -0.465 e. The normalized spacial score (nSPS) is 13.4. The van der Waals surface area contributed by atoms with Crippen molar-refractivity contribution in [1.82, 2.24) is 14.5 Å². The second-order valence-corrected chi connectivity index (χ2v) is 7.15. The summed E-state index contributed by atoms with van der Waals surface area (Å²) < 4.78 is 20.0. The van der Waals surface area contributed by atoms with Gasteiger partial charge in [-0.15, -0.1) is 0 Å². The van der Waals surface area contributed by atoms with Crippen LogP contribution in [0.25, 0.3) is 5.69 Å². The summed E-state index contributed by atoms with van der Waals surface area (Å²) in [6.45, 7) is 2.43. The van der Waals surface area contributed by atoms with Gasteiger partial charge in [-0.2, -0.15) is 0 Å². The van der Waals surface area contributed by atoms with Gasteiger partial charge >= 0.3 is 5.97 Å². The summed E-state index contributed by atoms with van der Waals surface area (Å²) in [5.74, 6) is -0.641. The van der Waals surface area contributed by atoms with Crippen molar-refractivity contribution in [3.05, 3.63) is 42.0 Å². The number of rotatable bonds is 8. The summed E-state index contributed by atoms with van der Waals surface area (Å²) in [7, 11) is 0. The maximum atomic E-state index is 13.3. The van der Waals surface area contributed by atoms with E-state index in [-0.39, 0.29) is 24.9 Å². The number of thioether (sulfide) groups is 1. The molecular weight excluding hydrogens is 369 g/mol. The van der Waals surface area contributed by atoms with E-state index < -0.39 is 5.97 Å². The molecule has 0 radical (unpaired) electrons. The molecule has 27 heavy (non-hydrogen) atoms. The minimum atomic E-state index is -0.426. The number of amides is 1. The number of benzene rings is 1. The summed E-state index contributed by atoms with van der Waals surface area (Å²) >= 11 is 1.39. The van der Waals surface area contributed by atoms with Crippen LogP contribution in [0.2, 0.25) is 0 Å². The highest BCUT2D eigenvalue weighted by Crippen LogP contribution is 2.31. The number of nitrogens with zero attached hydrogens (tertiary/aromatic N) is 3. The number of carbonyl (C=O) groups is 2. The zero-order chi connectivity index (χ0) is 19.4. The van der Waals surface area contributed by atoms with Crippen molar-refractivity contribution in [2.24, 2.45) is 5.92 Å². The largest absolute Gasteiger partial charge is 0.465 e. The van der Waals surface area contributed by atoms with Crippen molar-refractivity contribution < 1.29 is 18.7 Å². The van der Waals surface area contributed by atoms with E-state index >= 15 is 0 Å². The average molecular weight is 391 g/mol. The van der Waals surface area contributed by atoms with Gasteiger partial charge in [0.05, 0.1) is 12.8 Å². The van der Waals surface area contributed by atoms with Gasteiger partial charge < -0.3 is 9.64 Å². The SMILES string of the molecule is CCOC(=O)CN(CC1CC1)C(=O)c1cnc(SC)n1-c1ccc(F)cc1. The fraction of sp³-hybridized carbons (Fsp3) is 0.421. The van der Waals surface area contributed by atoms with Crippen molar-refractivity contribution in [3.63, 3.8) is 0 Å². The first-order valence-corrected chi connectivity index (χ1v) is 10.1. The fourth-order valence-electron chi connectivity index (χ4n) is 2.83. The lowest BCUT2D eigenvalue weighted by Crippen LogP contribution is -2.38. The zero-order valence-corrected chi connectivity index (χ0v) is 16.2. The Balaban J connectivity index is 1.92. The predicted octanol–water partition coefficient (Wildman–Crippen LogP) is 3.15. The first-order chi connectivity index (χ1) is 13.0. The average Bonchev–Trinajstić information content (AvgIpc) is 3.37. The second kappa shape index (κ2) is 8.56. The molecule has 6 nitrogen and oxygen atoms in total. The summed E-state index contributed by atoms with van der Waals surface area (Å²) in [5.41, 5.74) is 0.986. The summed E-state index contributed by atoms with van der Waals surface area (Å²) in [6, 6.07) is 5.89. The van der Waals surface area contributed by atoms with E-state index in [1.807, 2.05) is 6.26 Å². The van der Waals surface area contributed by atoms with E-state index in [9.17, 15) is 14.0 Å². The molecule has 144 valence electrons. The molecule has 1 aromatic heterocycles. The molecule has 1 fully saturated rings. The molecule has 1 aliphatic carbocycles. The summed E-state index contributed by atoms with van der Waals surface area (Å²) in [6.07, 6.45) is 5.47. The van der Waals surface area contributed by atoms with Gasteiger partial charge in [0, 0.05) is 12.2 Å². The molecule has 1 saturated carbocycles. The molecule has 3 rings (SSSR count). The van der Waals surface area contributed by atoms with Gasteiger partial charge in [-0.1, -0.05) is 11.8 Å². The van der Waals surface area contributed by atoms with Gasteiger partial charge in [0.25, 0.3) is 5.91 Å². The van der Waals surface area contributed by atoms with E-state index in [0.717, 1.165) is 12.8 Å². The van der Waals surface area contributed by atoms with Gasteiger partial charge in [0.1, 0.15) is 18.1 Å². The van der Waals surface area contributed by atoms with Crippen molar-refractivity contribution in [1.29, 1.82) is 0 Å². The third-order valence-electron chi connectivity index (χ3n) is 4.30. The van der Waals surface area contributed by atoms with Crippen LogP contribution in [-0.2, 0) is 9.53 Å². The quantitative estimate of drug-likeness (QED) is 0.511. The highest BCUT2D eigenvalue weighted by molar-refractivity contribution is 7.98. The second-order valence-electron chi connectivity index (χ2n) is 6.38. The molecule has 2 aromatic rings. The topological polar surface area (TPSA) is 64.4 Å². The van der Waals surface area contributed by atoms with Crippen LogP contribution >= 0.6 is 11.8 Å². The molecule has 1 aromatic carbocycles. The van der Waals surface area contributed by atoms with Crippen LogP contribution in [0.4, 0.5) is 4.39 Å². The Morgan fingerprint density at radius 3 is 2.63 bits per heavy atom. The molecule has 1 aliphatic rings. The van der Waals surface area contributed by atoms with Gasteiger partial charge in [0.2, 0.25) is 0 Å². The van der Waals surface area contributed by atoms with Gasteiger partial charge in [0.15, 0.2) is 5.16 Å². The van der Waals surface area contributed by atoms with Crippen LogP contribution in [0.5, 0.6) is 0 Å². The molecule has 8 heteroatoms. The molecule has 1 amide bonds. The van der Waals surface area contributed by atoms with Crippen LogP contribution in [0.3, 0.4) is 0 Å². The first-order valence-electron chi connectivity index (χ1n) is 8.86. The van der Waals surface area contributed by atoms with Crippen molar-refractivity contribution in [3.8, 4) is 5.69 Å². The first kappa shape index (κ1) is 19.4. The maximum Gasteiger partial charge on any atom is 0.325 e. The lowest BCUT2D eigenvalue weighted by Gasteiger charge is -2.22. The highest BCUT2D eigenvalue weighted by atomic mass is 32.2. The van der Waals surface area contributed by atoms with Crippen LogP contribution in [0.15, 0.2) is 35.6 Å². The Labute approximate surface area is 161 Å². The fourth-order valence-corrected chi connectivity index (χ4v) is 3.37. The Bertz CT molecular complexity index is 818. The molecular formula is C19H22FN3O3S. The zero-order valence-electron chi connectivity index (χ0n) is 15.4. The predicted molar refractivity (Wildman–Crippen MR) is 101 cm³/mol. The standard InChI is InChI=1S/C19H22FN3O3S/c1-3-26-17(24)12-22(11-13-4-5-13)18(25)16-10-21-19(27-2)23(16)15-8-6-14(20)7-9-15/h6-10,13H,3-5,11-12H2,1-2H3. The van der Waals surface area contributed by atoms with Crippen LogP contribution in [-0.4, -0.2) is 52.3 Å². The number of ether oxygens (including phenoxy) is 1. The van der Waals surface area contributed by atoms with E-state index in [1.165, 1.54) is 35.0 Å². The van der Waals surface area contributed by atoms with Crippen molar-refractivity contribution in [2.75, 3.05) is 26.0 Å². The summed E-state index contributed by atoms with van der Waals surface area (Å²) in [4.78, 5) is 31.0. The van der Waals surface area contributed by atoms with E-state index in [2.05, 4.69) is 4.98 Å². The molecule has 0 aliphatic heterocycles. The number of imidazole rings is 1. The third-order valence-corrected chi connectivity index (χ3v) is 4.96. The molecule has 0 bridgehead atoms. The Morgan fingerprint density at radius 2 is 2.04 bits per heavy atom. The van der Waals surface area contributed by atoms with E-state index in [0.29, 0.717) is 29.0 Å². The van der Waals surface area contributed by atoms with Gasteiger partial charge in [-0.25, -0.2) is 9.37 Å². The van der Waals surface area contributed by atoms with E-state index in [4.69, 9.17) is 4.74 Å². The maximum absolute atomic E-state index is 13.3. The highest BCUT2D eigenvalue weighted by Gasteiger charge is 2.31. The number of aromatic nitrogens is 2. The van der Waals surface area contributed by atoms with Crippen molar-refractivity contribution in [2.45, 2.75) is 24.9 Å². The molecule has 1 heterocycles. The Kier molecular flexibility index (Phi) is 6.15. The van der Waals surface area contributed by atoms with E-state index in [1.54, 1.807) is 23.6 Å². The number of hydrogen-bond donors (Lipinski definition) is 0. The number of carbonyl (C=O) groups excluding carboxylic acids is 2. The molecule has 0 N–H and O–H groups in total. The van der Waals surface area contributed by atoms with Crippen LogP contribution in [0, 0.1) is 11.7 Å². The number of halogens is 1. The lowest BCUT2D eigenvalue weighted by molar-refractivity contribution is -0.143. The number of hydrogen-bond acceptors (Lipinski definition) is 5. The minimum absolute atomic E-state index is 0.0909. The Hall–Kier alpha value is -2.35. The third kappa shape index (κ3) is 4.68. The number of esters is 1. The molecule has 0 saturated heterocycles. The lowest BCUT2D eigenvalue weighted by atomic mass is 10.2.